The number of benzene rings is 1. The molecule has 0 aliphatic rings. The summed E-state index contributed by atoms with van der Waals surface area (Å²) in [5, 5.41) is 0.252. The van der Waals surface area contributed by atoms with E-state index in [9.17, 15) is 17.6 Å². The summed E-state index contributed by atoms with van der Waals surface area (Å²) in [4.78, 5) is 12.3. The molecule has 2 aromatic heterocycles. The Kier molecular flexibility index (Phi) is 3.67. The number of hydrogen-bond acceptors (Lipinski definition) is 3. The Morgan fingerprint density at radius 2 is 1.83 bits per heavy atom. The Morgan fingerprint density at radius 3 is 2.48 bits per heavy atom. The van der Waals surface area contributed by atoms with Crippen LogP contribution in [-0.4, -0.2) is 22.0 Å². The molecule has 4 nitrogen and oxygen atoms in total. The average Bonchev–Trinajstić information content (AvgIpc) is 2.88. The largest absolute Gasteiger partial charge is 0.416 e. The van der Waals surface area contributed by atoms with Gasteiger partial charge in [0.15, 0.2) is 5.82 Å². The summed E-state index contributed by atoms with van der Waals surface area (Å²) in [5.74, 6) is -0.108. The van der Waals surface area contributed by atoms with E-state index in [0.29, 0.717) is 17.0 Å². The van der Waals surface area contributed by atoms with Crippen LogP contribution in [0.1, 0.15) is 11.1 Å². The number of nitrogens with zero attached hydrogens (tertiary/aromatic N) is 3. The van der Waals surface area contributed by atoms with Crippen molar-refractivity contribution in [2.45, 2.75) is 12.7 Å². The number of fused-ring (bicyclic) bond motifs is 1. The molecule has 120 valence electrons. The van der Waals surface area contributed by atoms with Crippen molar-refractivity contribution < 1.29 is 17.6 Å². The zero-order valence-electron chi connectivity index (χ0n) is 12.0. The molecule has 2 heterocycles. The van der Waals surface area contributed by atoms with Crippen LogP contribution in [0.4, 0.5) is 23.4 Å². The van der Waals surface area contributed by atoms with E-state index in [2.05, 4.69) is 15.0 Å². The van der Waals surface area contributed by atoms with Crippen LogP contribution in [-0.2, 0) is 12.7 Å². The first kappa shape index (κ1) is 15.3. The third-order valence-corrected chi connectivity index (χ3v) is 3.46. The van der Waals surface area contributed by atoms with Crippen molar-refractivity contribution in [1.29, 1.82) is 0 Å². The first-order valence-electron chi connectivity index (χ1n) is 6.71. The third-order valence-electron chi connectivity index (χ3n) is 3.46. The van der Waals surface area contributed by atoms with E-state index >= 15 is 0 Å². The van der Waals surface area contributed by atoms with Gasteiger partial charge in [0.25, 0.3) is 0 Å². The zero-order chi connectivity index (χ0) is 16.6. The molecule has 0 unspecified atom stereocenters. The molecule has 0 aliphatic heterocycles. The number of hydrogen-bond donors (Lipinski definition) is 1. The molecule has 1 N–H and O–H groups in total. The quantitative estimate of drug-likeness (QED) is 0.746. The van der Waals surface area contributed by atoms with Gasteiger partial charge < -0.3 is 9.88 Å². The Hall–Kier alpha value is -2.64. The number of aromatic amines is 1. The van der Waals surface area contributed by atoms with E-state index in [0.717, 1.165) is 12.1 Å². The molecule has 1 aromatic carbocycles. The molecular weight excluding hydrogens is 312 g/mol. The van der Waals surface area contributed by atoms with Crippen LogP contribution < -0.4 is 4.90 Å². The first-order valence-corrected chi connectivity index (χ1v) is 6.71. The van der Waals surface area contributed by atoms with Gasteiger partial charge in [-0.3, -0.25) is 0 Å². The Morgan fingerprint density at radius 1 is 1.13 bits per heavy atom. The van der Waals surface area contributed by atoms with Crippen molar-refractivity contribution in [3.05, 3.63) is 53.7 Å². The number of nitrogens with one attached hydrogen (secondary N) is 1. The number of aromatic nitrogens is 3. The van der Waals surface area contributed by atoms with Crippen molar-refractivity contribution in [3.63, 3.8) is 0 Å². The maximum Gasteiger partial charge on any atom is 0.416 e. The maximum absolute atomic E-state index is 13.8. The van der Waals surface area contributed by atoms with Gasteiger partial charge in [0.05, 0.1) is 10.9 Å². The number of alkyl halides is 3. The summed E-state index contributed by atoms with van der Waals surface area (Å²) < 4.78 is 51.5. The van der Waals surface area contributed by atoms with Gasteiger partial charge in [0.2, 0.25) is 0 Å². The summed E-state index contributed by atoms with van der Waals surface area (Å²) in [6.07, 6.45) is -1.87. The molecule has 0 radical (unpaired) electrons. The topological polar surface area (TPSA) is 44.8 Å². The van der Waals surface area contributed by atoms with E-state index < -0.39 is 17.6 Å². The van der Waals surface area contributed by atoms with E-state index in [1.54, 1.807) is 11.9 Å². The minimum absolute atomic E-state index is 0.252. The highest BCUT2D eigenvalue weighted by Crippen LogP contribution is 2.30. The van der Waals surface area contributed by atoms with Crippen molar-refractivity contribution >= 4 is 16.9 Å². The van der Waals surface area contributed by atoms with Crippen molar-refractivity contribution in [3.8, 4) is 0 Å². The van der Waals surface area contributed by atoms with E-state index in [1.165, 1.54) is 24.7 Å². The van der Waals surface area contributed by atoms with Crippen LogP contribution in [0.15, 0.2) is 36.8 Å². The van der Waals surface area contributed by atoms with E-state index in [1.807, 2.05) is 0 Å². The Labute approximate surface area is 128 Å². The molecule has 3 aromatic rings. The lowest BCUT2D eigenvalue weighted by atomic mass is 10.1. The molecule has 0 saturated heterocycles. The van der Waals surface area contributed by atoms with E-state index in [4.69, 9.17) is 0 Å². The molecule has 0 bridgehead atoms. The summed E-state index contributed by atoms with van der Waals surface area (Å²) in [7, 11) is 1.69. The highest BCUT2D eigenvalue weighted by Gasteiger charge is 2.30. The van der Waals surface area contributed by atoms with Crippen molar-refractivity contribution in [2.24, 2.45) is 0 Å². The monoisotopic (exact) mass is 324 g/mol. The molecule has 0 atom stereocenters. The second kappa shape index (κ2) is 5.53. The standard InChI is InChI=1S/C15H12F4N4/c1-23(7-9-2-4-10(5-3-9)15(17,18)19)14-12-11(16)6-20-13(12)21-8-22-14/h2-6,8H,7H2,1H3,(H,20,21,22). The third kappa shape index (κ3) is 2.96. The predicted octanol–water partition coefficient (Wildman–Crippen LogP) is 3.75. The summed E-state index contributed by atoms with van der Waals surface area (Å²) in [6, 6.07) is 4.83. The summed E-state index contributed by atoms with van der Waals surface area (Å²) >= 11 is 0. The fourth-order valence-corrected chi connectivity index (χ4v) is 2.35. The number of rotatable bonds is 3. The van der Waals surface area contributed by atoms with Gasteiger partial charge in [-0.1, -0.05) is 12.1 Å². The fourth-order valence-electron chi connectivity index (χ4n) is 2.35. The van der Waals surface area contributed by atoms with Crippen LogP contribution in [0.2, 0.25) is 0 Å². The highest BCUT2D eigenvalue weighted by molar-refractivity contribution is 5.87. The molecule has 23 heavy (non-hydrogen) atoms. The smallest absolute Gasteiger partial charge is 0.355 e. The number of halogens is 4. The van der Waals surface area contributed by atoms with Gasteiger partial charge in [-0.25, -0.2) is 14.4 Å². The van der Waals surface area contributed by atoms with Crippen molar-refractivity contribution in [1.82, 2.24) is 15.0 Å². The van der Waals surface area contributed by atoms with Gasteiger partial charge in [0.1, 0.15) is 17.8 Å². The summed E-state index contributed by atoms with van der Waals surface area (Å²) in [6.45, 7) is 0.287. The average molecular weight is 324 g/mol. The number of H-pyrrole nitrogens is 1. The lowest BCUT2D eigenvalue weighted by Gasteiger charge is -2.19. The molecule has 0 amide bonds. The minimum atomic E-state index is -4.36. The van der Waals surface area contributed by atoms with Gasteiger partial charge >= 0.3 is 6.18 Å². The van der Waals surface area contributed by atoms with Crippen molar-refractivity contribution in [2.75, 3.05) is 11.9 Å². The highest BCUT2D eigenvalue weighted by atomic mass is 19.4. The number of anilines is 1. The fraction of sp³-hybridized carbons (Fsp3) is 0.200. The van der Waals surface area contributed by atoms with Gasteiger partial charge in [0, 0.05) is 19.8 Å². The SMILES string of the molecule is CN(Cc1ccc(C(F)(F)F)cc1)c1ncnc2[nH]cc(F)c12. The van der Waals surface area contributed by atoms with Crippen LogP contribution in [0.5, 0.6) is 0 Å². The molecule has 8 heteroatoms. The Bertz CT molecular complexity index is 824. The molecule has 0 saturated carbocycles. The van der Waals surface area contributed by atoms with Crippen LogP contribution >= 0.6 is 0 Å². The summed E-state index contributed by atoms with van der Waals surface area (Å²) in [5.41, 5.74) is 0.319. The van der Waals surface area contributed by atoms with Gasteiger partial charge in [-0.05, 0) is 17.7 Å². The predicted molar refractivity (Wildman–Crippen MR) is 77.4 cm³/mol. The molecular formula is C15H12F4N4. The van der Waals surface area contributed by atoms with Crippen LogP contribution in [0.3, 0.4) is 0 Å². The lowest BCUT2D eigenvalue weighted by molar-refractivity contribution is -0.137. The second-order valence-corrected chi connectivity index (χ2v) is 5.11. The molecule has 0 spiro atoms. The van der Waals surface area contributed by atoms with E-state index in [-0.39, 0.29) is 11.9 Å². The molecule has 0 fully saturated rings. The van der Waals surface area contributed by atoms with Crippen LogP contribution in [0.25, 0.3) is 11.0 Å². The second-order valence-electron chi connectivity index (χ2n) is 5.11. The van der Waals surface area contributed by atoms with Gasteiger partial charge in [-0.15, -0.1) is 0 Å². The maximum atomic E-state index is 13.8. The zero-order valence-corrected chi connectivity index (χ0v) is 12.0. The Balaban J connectivity index is 1.86. The normalized spacial score (nSPS) is 11.9. The van der Waals surface area contributed by atoms with Crippen LogP contribution in [0, 0.1) is 5.82 Å². The molecule has 0 aliphatic carbocycles. The lowest BCUT2D eigenvalue weighted by Crippen LogP contribution is -2.18. The first-order chi connectivity index (χ1) is 10.9. The van der Waals surface area contributed by atoms with Gasteiger partial charge in [-0.2, -0.15) is 13.2 Å². The molecule has 3 rings (SSSR count). The minimum Gasteiger partial charge on any atom is -0.355 e.